The van der Waals surface area contributed by atoms with E-state index in [1.165, 1.54) is 23.6 Å². The number of pyridine rings is 1. The molecule has 7 heteroatoms. The highest BCUT2D eigenvalue weighted by molar-refractivity contribution is 7.12. The summed E-state index contributed by atoms with van der Waals surface area (Å²) < 4.78 is 14.0. The smallest absolute Gasteiger partial charge is 0.345 e. The van der Waals surface area contributed by atoms with Crippen molar-refractivity contribution < 1.29 is 14.3 Å². The molecular formula is C21H24FN3O2S. The maximum absolute atomic E-state index is 14.0. The number of thiophene rings is 1. The number of hydrogen-bond donors (Lipinski definition) is 2. The highest BCUT2D eigenvalue weighted by Gasteiger charge is 2.26. The van der Waals surface area contributed by atoms with E-state index in [0.717, 1.165) is 66.7 Å². The first-order valence-corrected chi connectivity index (χ1v) is 10.5. The lowest BCUT2D eigenvalue weighted by atomic mass is 10.1. The third-order valence-electron chi connectivity index (χ3n) is 5.33. The van der Waals surface area contributed by atoms with Crippen molar-refractivity contribution in [1.82, 2.24) is 4.98 Å². The molecule has 0 bridgehead atoms. The number of hydrogen-bond acceptors (Lipinski definition) is 4. The fraction of sp³-hybridized carbons (Fsp3) is 0.476. The average Bonchev–Trinajstić information content (AvgIpc) is 3.34. The molecule has 0 spiro atoms. The van der Waals surface area contributed by atoms with Crippen LogP contribution in [0.5, 0.6) is 0 Å². The van der Waals surface area contributed by atoms with Gasteiger partial charge in [-0.15, -0.1) is 11.3 Å². The summed E-state index contributed by atoms with van der Waals surface area (Å²) >= 11 is 1.20. The normalized spacial score (nSPS) is 15.9. The summed E-state index contributed by atoms with van der Waals surface area (Å²) in [6.45, 7) is 3.24. The number of carbonyl (C=O) groups is 1. The first-order valence-electron chi connectivity index (χ1n) is 9.71. The number of carbonyl (C=O) groups excluding carboxylic acids is 1. The summed E-state index contributed by atoms with van der Waals surface area (Å²) in [5.41, 5.74) is 4.36. The first kappa shape index (κ1) is 19.2. The van der Waals surface area contributed by atoms with Gasteiger partial charge in [-0.05, 0) is 69.6 Å². The number of aliphatic imine (C=N–C) groups is 1. The van der Waals surface area contributed by atoms with Crippen molar-refractivity contribution in [2.24, 2.45) is 4.99 Å². The maximum atomic E-state index is 14.0. The van der Waals surface area contributed by atoms with Crippen molar-refractivity contribution in [1.29, 1.82) is 0 Å². The lowest BCUT2D eigenvalue weighted by molar-refractivity contribution is 0.0823. The van der Waals surface area contributed by atoms with Crippen LogP contribution >= 0.6 is 11.3 Å². The molecule has 2 aromatic rings. The van der Waals surface area contributed by atoms with Crippen LogP contribution in [0.3, 0.4) is 0 Å². The van der Waals surface area contributed by atoms with Gasteiger partial charge in [-0.25, -0.2) is 14.2 Å². The summed E-state index contributed by atoms with van der Waals surface area (Å²) in [6, 6.07) is 0.909. The number of aromatic nitrogens is 1. The van der Waals surface area contributed by atoms with Gasteiger partial charge in [0.2, 0.25) is 0 Å². The topological polar surface area (TPSA) is 74.6 Å². The van der Waals surface area contributed by atoms with Gasteiger partial charge < -0.3 is 10.4 Å². The van der Waals surface area contributed by atoms with Crippen molar-refractivity contribution in [2.75, 3.05) is 5.32 Å². The van der Waals surface area contributed by atoms with Crippen LogP contribution in [0.2, 0.25) is 0 Å². The number of amides is 2. The Bertz CT molecular complexity index is 927. The molecule has 0 aromatic carbocycles. The minimum absolute atomic E-state index is 0.215. The fourth-order valence-electron chi connectivity index (χ4n) is 3.93. The molecule has 2 aromatic heterocycles. The van der Waals surface area contributed by atoms with Crippen molar-refractivity contribution in [3.05, 3.63) is 44.2 Å². The molecule has 28 heavy (non-hydrogen) atoms. The predicted molar refractivity (Wildman–Crippen MR) is 109 cm³/mol. The van der Waals surface area contributed by atoms with Crippen molar-refractivity contribution in [3.63, 3.8) is 0 Å². The molecule has 2 amide bonds. The van der Waals surface area contributed by atoms with Crippen LogP contribution in [0, 0.1) is 5.82 Å². The van der Waals surface area contributed by atoms with Gasteiger partial charge in [0.05, 0.1) is 11.3 Å². The number of urea groups is 1. The van der Waals surface area contributed by atoms with Gasteiger partial charge in [-0.3, -0.25) is 4.98 Å². The monoisotopic (exact) mass is 401 g/mol. The van der Waals surface area contributed by atoms with E-state index >= 15 is 0 Å². The van der Waals surface area contributed by atoms with Crippen LogP contribution in [-0.4, -0.2) is 22.3 Å². The first-order chi connectivity index (χ1) is 13.3. The number of nitrogens with zero attached hydrogens (tertiary/aromatic N) is 2. The Morgan fingerprint density at radius 2 is 1.93 bits per heavy atom. The van der Waals surface area contributed by atoms with Crippen LogP contribution < -0.4 is 5.32 Å². The molecular weight excluding hydrogens is 377 g/mol. The zero-order valence-corrected chi connectivity index (χ0v) is 17.0. The Morgan fingerprint density at radius 3 is 2.50 bits per heavy atom. The van der Waals surface area contributed by atoms with Crippen LogP contribution in [0.4, 0.5) is 14.9 Å². The Morgan fingerprint density at radius 1 is 1.29 bits per heavy atom. The Kier molecular flexibility index (Phi) is 5.05. The molecule has 148 valence electrons. The number of aliphatic hydroxyl groups is 1. The number of nitrogens with one attached hydrogen (secondary N) is 1. The van der Waals surface area contributed by atoms with Crippen molar-refractivity contribution in [2.45, 2.75) is 64.4 Å². The molecule has 0 radical (unpaired) electrons. The number of halogens is 1. The van der Waals surface area contributed by atoms with Gasteiger partial charge in [-0.1, -0.05) is 0 Å². The summed E-state index contributed by atoms with van der Waals surface area (Å²) in [6.07, 6.45) is 7.60. The molecule has 0 saturated carbocycles. The van der Waals surface area contributed by atoms with E-state index in [0.29, 0.717) is 9.75 Å². The fourth-order valence-corrected chi connectivity index (χ4v) is 4.93. The molecule has 0 saturated heterocycles. The van der Waals surface area contributed by atoms with E-state index in [1.54, 1.807) is 13.8 Å². The quantitative estimate of drug-likeness (QED) is 0.749. The van der Waals surface area contributed by atoms with Crippen molar-refractivity contribution in [3.8, 4) is 0 Å². The number of rotatable bonds is 4. The molecule has 4 rings (SSSR count). The zero-order valence-electron chi connectivity index (χ0n) is 16.1. The van der Waals surface area contributed by atoms with E-state index < -0.39 is 11.6 Å². The van der Waals surface area contributed by atoms with E-state index in [9.17, 15) is 14.3 Å². The molecule has 2 N–H and O–H groups in total. The summed E-state index contributed by atoms with van der Waals surface area (Å²) in [5, 5.41) is 13.0. The minimum atomic E-state index is -1.08. The van der Waals surface area contributed by atoms with Crippen LogP contribution in [0.25, 0.3) is 0 Å². The number of aryl methyl sites for hydroxylation is 2. The Balaban J connectivity index is 1.47. The minimum Gasteiger partial charge on any atom is -0.385 e. The van der Waals surface area contributed by atoms with Gasteiger partial charge in [-0.2, -0.15) is 0 Å². The Hall–Kier alpha value is -2.12. The van der Waals surface area contributed by atoms with Gasteiger partial charge >= 0.3 is 6.03 Å². The van der Waals surface area contributed by atoms with Crippen LogP contribution in [0.15, 0.2) is 11.1 Å². The average molecular weight is 402 g/mol. The second-order valence-corrected chi connectivity index (χ2v) is 9.07. The van der Waals surface area contributed by atoms with Crippen molar-refractivity contribution >= 4 is 29.3 Å². The van der Waals surface area contributed by atoms with Gasteiger partial charge in [0, 0.05) is 33.8 Å². The molecule has 2 heterocycles. The second kappa shape index (κ2) is 7.37. The maximum Gasteiger partial charge on any atom is 0.345 e. The molecule has 2 aliphatic carbocycles. The summed E-state index contributed by atoms with van der Waals surface area (Å²) in [4.78, 5) is 22.2. The molecule has 0 atom stereocenters. The molecule has 5 nitrogen and oxygen atoms in total. The van der Waals surface area contributed by atoms with Crippen LogP contribution in [0.1, 0.15) is 59.0 Å². The van der Waals surface area contributed by atoms with E-state index in [2.05, 4.69) is 10.3 Å². The molecule has 2 aliphatic rings. The second-order valence-electron chi connectivity index (χ2n) is 7.93. The summed E-state index contributed by atoms with van der Waals surface area (Å²) in [7, 11) is 0. The van der Waals surface area contributed by atoms with Crippen LogP contribution in [-0.2, 0) is 37.7 Å². The lowest BCUT2D eigenvalue weighted by Crippen LogP contribution is -2.13. The van der Waals surface area contributed by atoms with E-state index in [4.69, 9.17) is 4.98 Å². The summed E-state index contributed by atoms with van der Waals surface area (Å²) in [5.74, 6) is -0.376. The third-order valence-corrected chi connectivity index (χ3v) is 6.77. The predicted octanol–water partition coefficient (Wildman–Crippen LogP) is 4.33. The zero-order chi connectivity index (χ0) is 19.9. The van der Waals surface area contributed by atoms with Gasteiger partial charge in [0.1, 0.15) is 5.82 Å². The largest absolute Gasteiger partial charge is 0.385 e. The molecule has 0 unspecified atom stereocenters. The van der Waals surface area contributed by atoms with E-state index in [-0.39, 0.29) is 12.2 Å². The highest BCUT2D eigenvalue weighted by Crippen LogP contribution is 2.36. The molecule has 0 fully saturated rings. The highest BCUT2D eigenvalue weighted by atomic mass is 32.1. The van der Waals surface area contributed by atoms with Gasteiger partial charge in [0.25, 0.3) is 0 Å². The lowest BCUT2D eigenvalue weighted by Gasteiger charge is -2.14. The Labute approximate surface area is 167 Å². The molecule has 0 aliphatic heterocycles. The SMILES string of the molecule is CC(C)(O)c1cc(F)c(CC=NC(=O)Nc2c3c(nc4c2CCC4)CCC3)s1. The van der Waals surface area contributed by atoms with Gasteiger partial charge in [0.15, 0.2) is 0 Å². The third kappa shape index (κ3) is 3.73. The number of fused-ring (bicyclic) bond motifs is 2. The van der Waals surface area contributed by atoms with E-state index in [1.807, 2.05) is 0 Å². The standard InChI is InChI=1S/C21H24FN3O2S/c1-21(2,27)18-11-14(22)17(28-18)9-10-23-20(26)25-19-12-5-3-7-15(12)24-16-8-4-6-13(16)19/h10-11,27H,3-9H2,1-2H3,(H,24,25,26). The number of anilines is 1.